The van der Waals surface area contributed by atoms with Gasteiger partial charge in [0.1, 0.15) is 0 Å². The average molecular weight is 410 g/mol. The lowest BCUT2D eigenvalue weighted by Crippen LogP contribution is -2.38. The standard InChI is InChI=1S/C23H31N5O2/c1-17-8-11-27(12-9-17)23-25-14-21(18(2)26-23)22(29)28(16-20-7-5-13-30-20)15-19-6-3-4-10-24-19/h3-4,6,10,14,17,20H,5,7-9,11-13,15-16H2,1-2H3. The maximum atomic E-state index is 13.4. The van der Waals surface area contributed by atoms with Gasteiger partial charge in [-0.3, -0.25) is 9.78 Å². The number of aromatic nitrogens is 3. The third-order valence-electron chi connectivity index (χ3n) is 6.08. The van der Waals surface area contributed by atoms with Gasteiger partial charge >= 0.3 is 0 Å². The minimum atomic E-state index is -0.0625. The minimum absolute atomic E-state index is 0.0625. The second-order valence-electron chi connectivity index (χ2n) is 8.48. The average Bonchev–Trinajstić information content (AvgIpc) is 3.27. The molecule has 0 N–H and O–H groups in total. The zero-order valence-corrected chi connectivity index (χ0v) is 18.0. The third-order valence-corrected chi connectivity index (χ3v) is 6.08. The fourth-order valence-corrected chi connectivity index (χ4v) is 4.14. The summed E-state index contributed by atoms with van der Waals surface area (Å²) in [5.74, 6) is 1.42. The number of aryl methyl sites for hydroxylation is 1. The summed E-state index contributed by atoms with van der Waals surface area (Å²) in [5.41, 5.74) is 2.14. The number of rotatable bonds is 6. The molecular formula is C23H31N5O2. The second kappa shape index (κ2) is 9.51. The Morgan fingerprint density at radius 1 is 1.23 bits per heavy atom. The zero-order chi connectivity index (χ0) is 20.9. The van der Waals surface area contributed by atoms with Gasteiger partial charge in [-0.15, -0.1) is 0 Å². The van der Waals surface area contributed by atoms with E-state index in [0.29, 0.717) is 18.7 Å². The Morgan fingerprint density at radius 3 is 2.73 bits per heavy atom. The molecular weight excluding hydrogens is 378 g/mol. The Bertz CT molecular complexity index is 846. The van der Waals surface area contributed by atoms with Crippen LogP contribution in [0.1, 0.15) is 54.4 Å². The molecule has 1 unspecified atom stereocenters. The number of pyridine rings is 1. The highest BCUT2D eigenvalue weighted by Gasteiger charge is 2.26. The van der Waals surface area contributed by atoms with Crippen LogP contribution in [-0.2, 0) is 11.3 Å². The van der Waals surface area contributed by atoms with Crippen LogP contribution in [0.3, 0.4) is 0 Å². The molecule has 1 amide bonds. The zero-order valence-electron chi connectivity index (χ0n) is 18.0. The van der Waals surface area contributed by atoms with Crippen molar-refractivity contribution in [2.45, 2.75) is 52.2 Å². The van der Waals surface area contributed by atoms with Crippen LogP contribution < -0.4 is 4.90 Å². The molecule has 2 fully saturated rings. The van der Waals surface area contributed by atoms with Gasteiger partial charge in [-0.1, -0.05) is 13.0 Å². The number of hydrogen-bond donors (Lipinski definition) is 0. The Morgan fingerprint density at radius 2 is 2.07 bits per heavy atom. The monoisotopic (exact) mass is 409 g/mol. The summed E-state index contributed by atoms with van der Waals surface area (Å²) in [4.78, 5) is 31.1. The molecule has 2 aliphatic rings. The van der Waals surface area contributed by atoms with Gasteiger partial charge < -0.3 is 14.5 Å². The molecule has 4 heterocycles. The molecule has 2 saturated heterocycles. The molecule has 0 spiro atoms. The summed E-state index contributed by atoms with van der Waals surface area (Å²) in [6.45, 7) is 7.90. The number of nitrogens with zero attached hydrogens (tertiary/aromatic N) is 5. The molecule has 1 atom stereocenters. The lowest BCUT2D eigenvalue weighted by Gasteiger charge is -2.30. The van der Waals surface area contributed by atoms with Crippen molar-refractivity contribution in [3.8, 4) is 0 Å². The van der Waals surface area contributed by atoms with Gasteiger partial charge in [0.15, 0.2) is 0 Å². The van der Waals surface area contributed by atoms with E-state index in [4.69, 9.17) is 4.74 Å². The normalized spacial score (nSPS) is 19.8. The van der Waals surface area contributed by atoms with Crippen molar-refractivity contribution in [2.24, 2.45) is 5.92 Å². The van der Waals surface area contributed by atoms with Crippen molar-refractivity contribution >= 4 is 11.9 Å². The van der Waals surface area contributed by atoms with Crippen molar-refractivity contribution in [1.29, 1.82) is 0 Å². The van der Waals surface area contributed by atoms with Crippen molar-refractivity contribution in [2.75, 3.05) is 31.1 Å². The smallest absolute Gasteiger partial charge is 0.257 e. The van der Waals surface area contributed by atoms with E-state index >= 15 is 0 Å². The quantitative estimate of drug-likeness (QED) is 0.729. The maximum absolute atomic E-state index is 13.4. The van der Waals surface area contributed by atoms with Crippen LogP contribution in [0.15, 0.2) is 30.6 Å². The van der Waals surface area contributed by atoms with Crippen molar-refractivity contribution in [3.63, 3.8) is 0 Å². The van der Waals surface area contributed by atoms with Crippen LogP contribution in [-0.4, -0.2) is 58.1 Å². The van der Waals surface area contributed by atoms with E-state index in [1.54, 1.807) is 12.4 Å². The first-order valence-corrected chi connectivity index (χ1v) is 11.0. The van der Waals surface area contributed by atoms with E-state index in [-0.39, 0.29) is 12.0 Å². The molecule has 2 aliphatic heterocycles. The van der Waals surface area contributed by atoms with Gasteiger partial charge in [0.05, 0.1) is 29.6 Å². The second-order valence-corrected chi connectivity index (χ2v) is 8.48. The molecule has 30 heavy (non-hydrogen) atoms. The van der Waals surface area contributed by atoms with E-state index in [0.717, 1.165) is 68.6 Å². The number of ether oxygens (including phenoxy) is 1. The van der Waals surface area contributed by atoms with Crippen LogP contribution in [0.4, 0.5) is 5.95 Å². The molecule has 7 nitrogen and oxygen atoms in total. The molecule has 0 aromatic carbocycles. The van der Waals surface area contributed by atoms with Crippen LogP contribution in [0, 0.1) is 12.8 Å². The highest BCUT2D eigenvalue weighted by atomic mass is 16.5. The maximum Gasteiger partial charge on any atom is 0.257 e. The Balaban J connectivity index is 1.52. The van der Waals surface area contributed by atoms with E-state index in [2.05, 4.69) is 26.8 Å². The SMILES string of the molecule is Cc1nc(N2CCC(C)CC2)ncc1C(=O)N(Cc1ccccn1)CC1CCCO1. The van der Waals surface area contributed by atoms with Gasteiger partial charge in [0.2, 0.25) is 5.95 Å². The summed E-state index contributed by atoms with van der Waals surface area (Å²) in [6, 6.07) is 5.77. The number of piperidine rings is 1. The van der Waals surface area contributed by atoms with Crippen LogP contribution in [0.25, 0.3) is 0 Å². The molecule has 4 rings (SSSR count). The first-order valence-electron chi connectivity index (χ1n) is 11.0. The van der Waals surface area contributed by atoms with Gasteiger partial charge in [0, 0.05) is 38.6 Å². The minimum Gasteiger partial charge on any atom is -0.376 e. The Labute approximate surface area is 178 Å². The molecule has 0 bridgehead atoms. The molecule has 160 valence electrons. The van der Waals surface area contributed by atoms with Gasteiger partial charge in [0.25, 0.3) is 5.91 Å². The summed E-state index contributed by atoms with van der Waals surface area (Å²) in [6.07, 6.45) is 7.86. The van der Waals surface area contributed by atoms with Crippen molar-refractivity contribution in [3.05, 3.63) is 47.5 Å². The van der Waals surface area contributed by atoms with Gasteiger partial charge in [-0.25, -0.2) is 9.97 Å². The molecule has 0 aliphatic carbocycles. The lowest BCUT2D eigenvalue weighted by molar-refractivity contribution is 0.0503. The summed E-state index contributed by atoms with van der Waals surface area (Å²) in [7, 11) is 0. The predicted octanol–water partition coefficient (Wildman–Crippen LogP) is 3.24. The lowest BCUT2D eigenvalue weighted by atomic mass is 10.00. The summed E-state index contributed by atoms with van der Waals surface area (Å²) in [5, 5.41) is 0. The first kappa shape index (κ1) is 20.7. The number of hydrogen-bond acceptors (Lipinski definition) is 6. The van der Waals surface area contributed by atoms with E-state index in [1.807, 2.05) is 30.0 Å². The summed E-state index contributed by atoms with van der Waals surface area (Å²) >= 11 is 0. The number of amides is 1. The Hall–Kier alpha value is -2.54. The molecule has 7 heteroatoms. The fourth-order valence-electron chi connectivity index (χ4n) is 4.14. The van der Waals surface area contributed by atoms with E-state index in [9.17, 15) is 4.79 Å². The van der Waals surface area contributed by atoms with E-state index in [1.165, 1.54) is 0 Å². The first-order chi connectivity index (χ1) is 14.6. The summed E-state index contributed by atoms with van der Waals surface area (Å²) < 4.78 is 5.79. The number of carbonyl (C=O) groups is 1. The van der Waals surface area contributed by atoms with Gasteiger partial charge in [-0.05, 0) is 50.7 Å². The van der Waals surface area contributed by atoms with Crippen molar-refractivity contribution in [1.82, 2.24) is 19.9 Å². The molecule has 0 radical (unpaired) electrons. The highest BCUT2D eigenvalue weighted by molar-refractivity contribution is 5.95. The fraction of sp³-hybridized carbons (Fsp3) is 0.565. The number of anilines is 1. The Kier molecular flexibility index (Phi) is 6.57. The van der Waals surface area contributed by atoms with E-state index < -0.39 is 0 Å². The number of carbonyl (C=O) groups excluding carboxylic acids is 1. The van der Waals surface area contributed by atoms with Crippen molar-refractivity contribution < 1.29 is 9.53 Å². The molecule has 2 aromatic rings. The molecule has 2 aromatic heterocycles. The van der Waals surface area contributed by atoms with Crippen LogP contribution in [0.5, 0.6) is 0 Å². The third kappa shape index (κ3) is 4.95. The topological polar surface area (TPSA) is 71.5 Å². The highest BCUT2D eigenvalue weighted by Crippen LogP contribution is 2.22. The van der Waals surface area contributed by atoms with Crippen LogP contribution in [0.2, 0.25) is 0 Å². The largest absolute Gasteiger partial charge is 0.376 e. The molecule has 0 saturated carbocycles. The predicted molar refractivity (Wildman–Crippen MR) is 115 cm³/mol. The van der Waals surface area contributed by atoms with Gasteiger partial charge in [-0.2, -0.15) is 0 Å². The van der Waals surface area contributed by atoms with Crippen LogP contribution >= 0.6 is 0 Å².